The number of ketones is 1. The summed E-state index contributed by atoms with van der Waals surface area (Å²) in [5.74, 6) is -1.07. The van der Waals surface area contributed by atoms with E-state index in [1.54, 1.807) is 6.07 Å². The van der Waals surface area contributed by atoms with Crippen LogP contribution in [0.5, 0.6) is 0 Å². The zero-order chi connectivity index (χ0) is 21.9. The summed E-state index contributed by atoms with van der Waals surface area (Å²) in [6, 6.07) is 7.26. The summed E-state index contributed by atoms with van der Waals surface area (Å²) in [6.45, 7) is 4.83. The molecule has 0 amide bonds. The van der Waals surface area contributed by atoms with Crippen LogP contribution in [0, 0.1) is 13.8 Å². The molecule has 1 aliphatic heterocycles. The van der Waals surface area contributed by atoms with Gasteiger partial charge in [-0.15, -0.1) is 0 Å². The molecule has 30 heavy (non-hydrogen) atoms. The zero-order valence-electron chi connectivity index (χ0n) is 17.3. The van der Waals surface area contributed by atoms with Crippen LogP contribution >= 0.6 is 0 Å². The summed E-state index contributed by atoms with van der Waals surface area (Å²) in [4.78, 5) is 24.9. The highest BCUT2D eigenvalue weighted by Crippen LogP contribution is 2.21. The minimum atomic E-state index is -3.68. The van der Waals surface area contributed by atoms with E-state index in [1.165, 1.54) is 31.3 Å². The third-order valence-electron chi connectivity index (χ3n) is 5.27. The number of nitrogens with zero attached hydrogens (tertiary/aromatic N) is 1. The van der Waals surface area contributed by atoms with Gasteiger partial charge in [-0.25, -0.2) is 17.9 Å². The molecule has 0 spiro atoms. The fourth-order valence-electron chi connectivity index (χ4n) is 3.56. The molecule has 2 aromatic rings. The summed E-state index contributed by atoms with van der Waals surface area (Å²) >= 11 is 0. The van der Waals surface area contributed by atoms with Gasteiger partial charge in [-0.3, -0.25) is 4.79 Å². The van der Waals surface area contributed by atoms with Crippen LogP contribution in [-0.2, 0) is 26.0 Å². The Morgan fingerprint density at radius 2 is 2.03 bits per heavy atom. The van der Waals surface area contributed by atoms with E-state index in [1.807, 2.05) is 13.8 Å². The van der Waals surface area contributed by atoms with E-state index in [4.69, 9.17) is 9.47 Å². The number of sulfonamides is 1. The minimum absolute atomic E-state index is 0.0524. The lowest BCUT2D eigenvalue weighted by molar-refractivity contribution is 0.0474. The van der Waals surface area contributed by atoms with Gasteiger partial charge in [0.25, 0.3) is 0 Å². The Hall–Kier alpha value is -2.49. The minimum Gasteiger partial charge on any atom is -0.454 e. The number of esters is 1. The van der Waals surface area contributed by atoms with Gasteiger partial charge in [-0.05, 0) is 58.0 Å². The topological polar surface area (TPSA) is 104 Å². The molecule has 0 saturated carbocycles. The molecule has 1 aromatic carbocycles. The fourth-order valence-corrected chi connectivity index (χ4v) is 4.33. The van der Waals surface area contributed by atoms with Gasteiger partial charge in [0.15, 0.2) is 6.61 Å². The number of benzene rings is 1. The van der Waals surface area contributed by atoms with Gasteiger partial charge >= 0.3 is 5.97 Å². The maximum Gasteiger partial charge on any atom is 0.338 e. The van der Waals surface area contributed by atoms with E-state index in [0.717, 1.165) is 30.8 Å². The van der Waals surface area contributed by atoms with Gasteiger partial charge in [-0.1, -0.05) is 6.07 Å². The number of Topliss-reactive ketones (excluding diaryl/α,β-unsaturated/α-hetero) is 1. The van der Waals surface area contributed by atoms with Crippen molar-refractivity contribution in [1.82, 2.24) is 9.29 Å². The molecule has 9 heteroatoms. The second kappa shape index (κ2) is 9.11. The van der Waals surface area contributed by atoms with Gasteiger partial charge in [0.05, 0.1) is 16.6 Å². The van der Waals surface area contributed by atoms with Gasteiger partial charge < -0.3 is 14.0 Å². The summed E-state index contributed by atoms with van der Waals surface area (Å²) in [5.41, 5.74) is 2.32. The van der Waals surface area contributed by atoms with Crippen LogP contribution in [-0.4, -0.2) is 51.1 Å². The SMILES string of the molecule is CNS(=O)(=O)c1cccc(C(=O)OCC(=O)c2cc(C)n(C[C@H]3CCCO3)c2C)c1. The number of carbonyl (C=O) groups is 2. The Kier molecular flexibility index (Phi) is 6.74. The van der Waals surface area contributed by atoms with E-state index < -0.39 is 22.6 Å². The molecular weight excluding hydrogens is 408 g/mol. The number of aromatic nitrogens is 1. The van der Waals surface area contributed by atoms with Crippen LogP contribution in [0.15, 0.2) is 35.2 Å². The van der Waals surface area contributed by atoms with E-state index in [9.17, 15) is 18.0 Å². The first-order valence-corrected chi connectivity index (χ1v) is 11.2. The molecule has 2 heterocycles. The highest BCUT2D eigenvalue weighted by molar-refractivity contribution is 7.89. The van der Waals surface area contributed by atoms with Gasteiger partial charge in [0.1, 0.15) is 0 Å². The molecule has 0 radical (unpaired) electrons. The first-order chi connectivity index (χ1) is 14.2. The Labute approximate surface area is 176 Å². The largest absolute Gasteiger partial charge is 0.454 e. The predicted octanol–water partition coefficient (Wildman–Crippen LogP) is 2.23. The van der Waals surface area contributed by atoms with Gasteiger partial charge in [-0.2, -0.15) is 0 Å². The first kappa shape index (κ1) is 22.2. The fraction of sp³-hybridized carbons (Fsp3) is 0.429. The van der Waals surface area contributed by atoms with Crippen molar-refractivity contribution in [3.8, 4) is 0 Å². The van der Waals surface area contributed by atoms with Crippen molar-refractivity contribution in [3.05, 3.63) is 52.8 Å². The Morgan fingerprint density at radius 1 is 1.27 bits per heavy atom. The van der Waals surface area contributed by atoms with Crippen molar-refractivity contribution in [2.45, 2.75) is 44.2 Å². The lowest BCUT2D eigenvalue weighted by Crippen LogP contribution is -2.20. The van der Waals surface area contributed by atoms with Crippen LogP contribution in [0.3, 0.4) is 0 Å². The molecule has 162 valence electrons. The third-order valence-corrected chi connectivity index (χ3v) is 6.68. The molecule has 0 aliphatic carbocycles. The molecule has 1 atom stereocenters. The number of aryl methyl sites for hydroxylation is 1. The number of rotatable bonds is 8. The molecule has 1 aliphatic rings. The Morgan fingerprint density at radius 3 is 2.70 bits per heavy atom. The lowest BCUT2D eigenvalue weighted by atomic mass is 10.1. The average Bonchev–Trinajstić information content (AvgIpc) is 3.35. The van der Waals surface area contributed by atoms with Crippen molar-refractivity contribution in [3.63, 3.8) is 0 Å². The Balaban J connectivity index is 1.67. The summed E-state index contributed by atoms with van der Waals surface area (Å²) in [6.07, 6.45) is 2.19. The van der Waals surface area contributed by atoms with Crippen LogP contribution in [0.25, 0.3) is 0 Å². The summed E-state index contributed by atoms with van der Waals surface area (Å²) in [7, 11) is -2.40. The highest BCUT2D eigenvalue weighted by atomic mass is 32.2. The molecule has 3 rings (SSSR count). The summed E-state index contributed by atoms with van der Waals surface area (Å²) in [5, 5.41) is 0. The smallest absolute Gasteiger partial charge is 0.338 e. The molecule has 0 unspecified atom stereocenters. The van der Waals surface area contributed by atoms with Crippen LogP contribution in [0.2, 0.25) is 0 Å². The number of hydrogen-bond donors (Lipinski definition) is 1. The maximum atomic E-state index is 12.6. The number of hydrogen-bond acceptors (Lipinski definition) is 6. The molecule has 1 fully saturated rings. The normalized spacial score (nSPS) is 16.6. The molecule has 0 bridgehead atoms. The summed E-state index contributed by atoms with van der Waals surface area (Å²) < 4.78 is 38.9. The zero-order valence-corrected chi connectivity index (χ0v) is 18.1. The second-order valence-electron chi connectivity index (χ2n) is 7.27. The lowest BCUT2D eigenvalue weighted by Gasteiger charge is -2.14. The van der Waals surface area contributed by atoms with Crippen molar-refractivity contribution in [2.24, 2.45) is 0 Å². The van der Waals surface area contributed by atoms with Gasteiger partial charge in [0, 0.05) is 30.1 Å². The Bertz CT molecular complexity index is 1050. The van der Waals surface area contributed by atoms with E-state index in [-0.39, 0.29) is 22.3 Å². The predicted molar refractivity (Wildman–Crippen MR) is 110 cm³/mol. The van der Waals surface area contributed by atoms with Crippen molar-refractivity contribution < 1.29 is 27.5 Å². The monoisotopic (exact) mass is 434 g/mol. The number of carbonyl (C=O) groups excluding carboxylic acids is 2. The van der Waals surface area contributed by atoms with Gasteiger partial charge in [0.2, 0.25) is 15.8 Å². The highest BCUT2D eigenvalue weighted by Gasteiger charge is 2.22. The van der Waals surface area contributed by atoms with Crippen molar-refractivity contribution in [2.75, 3.05) is 20.3 Å². The standard InChI is InChI=1S/C21H26N2O6S/c1-14-10-19(15(2)23(14)12-17-7-5-9-28-17)20(24)13-29-21(25)16-6-4-8-18(11-16)30(26,27)22-3/h4,6,8,10-11,17,22H,5,7,9,12-13H2,1-3H3/t17-/m1/s1. The number of nitrogens with one attached hydrogen (secondary N) is 1. The van der Waals surface area contributed by atoms with Crippen LogP contribution in [0.1, 0.15) is 44.9 Å². The quantitative estimate of drug-likeness (QED) is 0.505. The molecule has 8 nitrogen and oxygen atoms in total. The van der Waals surface area contributed by atoms with E-state index in [2.05, 4.69) is 9.29 Å². The van der Waals surface area contributed by atoms with Crippen LogP contribution < -0.4 is 4.72 Å². The van der Waals surface area contributed by atoms with Crippen molar-refractivity contribution in [1.29, 1.82) is 0 Å². The average molecular weight is 435 g/mol. The third kappa shape index (κ3) is 4.80. The first-order valence-electron chi connectivity index (χ1n) is 9.75. The van der Waals surface area contributed by atoms with Crippen LogP contribution in [0.4, 0.5) is 0 Å². The van der Waals surface area contributed by atoms with Crippen molar-refractivity contribution >= 4 is 21.8 Å². The van der Waals surface area contributed by atoms with E-state index in [0.29, 0.717) is 12.1 Å². The second-order valence-corrected chi connectivity index (χ2v) is 9.15. The molecular formula is C21H26N2O6S. The molecule has 1 saturated heterocycles. The maximum absolute atomic E-state index is 12.6. The van der Waals surface area contributed by atoms with E-state index >= 15 is 0 Å². The molecule has 1 N–H and O–H groups in total. The number of ether oxygens (including phenoxy) is 2. The molecule has 1 aromatic heterocycles.